The summed E-state index contributed by atoms with van der Waals surface area (Å²) in [7, 11) is 1.80. The summed E-state index contributed by atoms with van der Waals surface area (Å²) in [6.45, 7) is 1.65. The van der Waals surface area contributed by atoms with Crippen LogP contribution in [0.15, 0.2) is 54.9 Å². The lowest BCUT2D eigenvalue weighted by Gasteiger charge is -2.31. The van der Waals surface area contributed by atoms with Gasteiger partial charge in [0.1, 0.15) is 11.5 Å². The molecule has 7 nitrogen and oxygen atoms in total. The van der Waals surface area contributed by atoms with E-state index in [1.54, 1.807) is 48.4 Å². The van der Waals surface area contributed by atoms with Gasteiger partial charge in [0, 0.05) is 39.1 Å². The summed E-state index contributed by atoms with van der Waals surface area (Å²) in [5.74, 6) is -0.188. The van der Waals surface area contributed by atoms with Gasteiger partial charge >= 0.3 is 0 Å². The maximum atomic E-state index is 13.1. The lowest BCUT2D eigenvalue weighted by molar-refractivity contribution is 0.0684. The number of carbonyl (C=O) groups excluding carboxylic acids is 2. The SMILES string of the molecule is Cn1cc(C(=O)NCc2ccc(F)cc2)c(CC2CCN(C(=O)c3ccccn3)CC2)n1. The number of benzene rings is 1. The Morgan fingerprint density at radius 2 is 1.88 bits per heavy atom. The third kappa shape index (κ3) is 5.19. The Kier molecular flexibility index (Phi) is 6.58. The van der Waals surface area contributed by atoms with E-state index in [0.717, 1.165) is 24.1 Å². The summed E-state index contributed by atoms with van der Waals surface area (Å²) >= 11 is 0. The third-order valence-corrected chi connectivity index (χ3v) is 5.78. The minimum Gasteiger partial charge on any atom is -0.348 e. The zero-order chi connectivity index (χ0) is 22.5. The molecule has 3 aromatic rings. The summed E-state index contributed by atoms with van der Waals surface area (Å²) in [5, 5.41) is 7.40. The predicted octanol–water partition coefficient (Wildman–Crippen LogP) is 2.98. The summed E-state index contributed by atoms with van der Waals surface area (Å²) in [5.41, 5.74) is 2.62. The molecule has 2 amide bonds. The molecule has 0 unspecified atom stereocenters. The number of aryl methyl sites for hydroxylation is 1. The zero-order valence-corrected chi connectivity index (χ0v) is 18.0. The summed E-state index contributed by atoms with van der Waals surface area (Å²) in [6.07, 6.45) is 5.75. The Morgan fingerprint density at radius 1 is 1.12 bits per heavy atom. The second-order valence-electron chi connectivity index (χ2n) is 8.13. The fourth-order valence-corrected chi connectivity index (χ4v) is 4.02. The molecular weight excluding hydrogens is 409 g/mol. The number of hydrogen-bond donors (Lipinski definition) is 1. The van der Waals surface area contributed by atoms with Crippen molar-refractivity contribution in [1.29, 1.82) is 0 Å². The highest BCUT2D eigenvalue weighted by Gasteiger charge is 2.26. The summed E-state index contributed by atoms with van der Waals surface area (Å²) in [4.78, 5) is 31.3. The molecule has 0 bridgehead atoms. The van der Waals surface area contributed by atoms with E-state index in [1.165, 1.54) is 12.1 Å². The quantitative estimate of drug-likeness (QED) is 0.646. The van der Waals surface area contributed by atoms with Crippen LogP contribution in [-0.2, 0) is 20.0 Å². The molecule has 1 saturated heterocycles. The van der Waals surface area contributed by atoms with E-state index in [-0.39, 0.29) is 17.6 Å². The van der Waals surface area contributed by atoms with Crippen molar-refractivity contribution in [3.05, 3.63) is 83.2 Å². The van der Waals surface area contributed by atoms with Gasteiger partial charge in [-0.1, -0.05) is 18.2 Å². The number of pyridine rings is 1. The number of likely N-dealkylation sites (tertiary alicyclic amines) is 1. The fraction of sp³-hybridized carbons (Fsp3) is 0.333. The van der Waals surface area contributed by atoms with Gasteiger partial charge in [-0.15, -0.1) is 0 Å². The van der Waals surface area contributed by atoms with E-state index in [2.05, 4.69) is 15.4 Å². The number of carbonyl (C=O) groups is 2. The topological polar surface area (TPSA) is 80.1 Å². The van der Waals surface area contributed by atoms with Crippen LogP contribution in [0.5, 0.6) is 0 Å². The molecule has 3 heterocycles. The van der Waals surface area contributed by atoms with Crippen molar-refractivity contribution >= 4 is 11.8 Å². The van der Waals surface area contributed by atoms with Gasteiger partial charge in [-0.05, 0) is 55.0 Å². The number of halogens is 1. The van der Waals surface area contributed by atoms with Crippen molar-refractivity contribution in [2.24, 2.45) is 13.0 Å². The number of hydrogen-bond acceptors (Lipinski definition) is 4. The minimum atomic E-state index is -0.303. The number of amides is 2. The molecule has 8 heteroatoms. The molecule has 2 aromatic heterocycles. The molecule has 0 radical (unpaired) electrons. The third-order valence-electron chi connectivity index (χ3n) is 5.78. The van der Waals surface area contributed by atoms with Crippen LogP contribution in [0.2, 0.25) is 0 Å². The maximum absolute atomic E-state index is 13.1. The molecule has 1 aromatic carbocycles. The van der Waals surface area contributed by atoms with E-state index in [9.17, 15) is 14.0 Å². The molecule has 166 valence electrons. The highest BCUT2D eigenvalue weighted by Crippen LogP contribution is 2.23. The van der Waals surface area contributed by atoms with Gasteiger partial charge in [0.05, 0.1) is 11.3 Å². The Bertz CT molecular complexity index is 1070. The second kappa shape index (κ2) is 9.72. The van der Waals surface area contributed by atoms with Crippen LogP contribution in [0.3, 0.4) is 0 Å². The van der Waals surface area contributed by atoms with Crippen molar-refractivity contribution in [3.63, 3.8) is 0 Å². The lowest BCUT2D eigenvalue weighted by Crippen LogP contribution is -2.39. The average molecular weight is 436 g/mol. The molecular formula is C24H26FN5O2. The van der Waals surface area contributed by atoms with Crippen LogP contribution in [0.25, 0.3) is 0 Å². The Morgan fingerprint density at radius 3 is 2.56 bits per heavy atom. The van der Waals surface area contributed by atoms with E-state index >= 15 is 0 Å². The van der Waals surface area contributed by atoms with Gasteiger partial charge in [-0.2, -0.15) is 5.10 Å². The van der Waals surface area contributed by atoms with E-state index < -0.39 is 0 Å². The number of rotatable bonds is 6. The van der Waals surface area contributed by atoms with E-state index in [0.29, 0.717) is 43.2 Å². The van der Waals surface area contributed by atoms with Gasteiger partial charge < -0.3 is 10.2 Å². The zero-order valence-electron chi connectivity index (χ0n) is 18.0. The molecule has 0 spiro atoms. The first kappa shape index (κ1) is 21.7. The molecule has 1 N–H and O–H groups in total. The van der Waals surface area contributed by atoms with Gasteiger partial charge in [-0.25, -0.2) is 4.39 Å². The largest absolute Gasteiger partial charge is 0.348 e. The van der Waals surface area contributed by atoms with Crippen molar-refractivity contribution in [2.75, 3.05) is 13.1 Å². The van der Waals surface area contributed by atoms with Crippen LogP contribution >= 0.6 is 0 Å². The maximum Gasteiger partial charge on any atom is 0.272 e. The van der Waals surface area contributed by atoms with E-state index in [1.807, 2.05) is 11.0 Å². The molecule has 1 fully saturated rings. The van der Waals surface area contributed by atoms with Crippen molar-refractivity contribution < 1.29 is 14.0 Å². The van der Waals surface area contributed by atoms with Crippen LogP contribution in [0, 0.1) is 11.7 Å². The normalized spacial score (nSPS) is 14.4. The van der Waals surface area contributed by atoms with E-state index in [4.69, 9.17) is 0 Å². The Hall–Kier alpha value is -3.55. The molecule has 1 aliphatic heterocycles. The van der Waals surface area contributed by atoms with Crippen LogP contribution < -0.4 is 5.32 Å². The Labute approximate surface area is 186 Å². The monoisotopic (exact) mass is 435 g/mol. The first-order valence-corrected chi connectivity index (χ1v) is 10.7. The predicted molar refractivity (Wildman–Crippen MR) is 117 cm³/mol. The van der Waals surface area contributed by atoms with Crippen molar-refractivity contribution in [1.82, 2.24) is 25.0 Å². The molecule has 0 atom stereocenters. The Balaban J connectivity index is 1.33. The standard InChI is InChI=1S/C24H26FN5O2/c1-29-16-20(23(31)27-15-18-5-7-19(25)8-6-18)22(28-29)14-17-9-12-30(13-10-17)24(32)21-4-2-3-11-26-21/h2-8,11,16-17H,9-10,12-15H2,1H3,(H,27,31). The van der Waals surface area contributed by atoms with Gasteiger partial charge in [0.15, 0.2) is 0 Å². The highest BCUT2D eigenvalue weighted by atomic mass is 19.1. The summed E-state index contributed by atoms with van der Waals surface area (Å²) < 4.78 is 14.7. The minimum absolute atomic E-state index is 0.0391. The first-order valence-electron chi connectivity index (χ1n) is 10.7. The van der Waals surface area contributed by atoms with Crippen molar-refractivity contribution in [2.45, 2.75) is 25.8 Å². The smallest absolute Gasteiger partial charge is 0.272 e. The average Bonchev–Trinajstić information content (AvgIpc) is 3.19. The van der Waals surface area contributed by atoms with Crippen LogP contribution in [-0.4, -0.2) is 44.6 Å². The molecule has 0 saturated carbocycles. The molecule has 0 aliphatic carbocycles. The number of aromatic nitrogens is 3. The van der Waals surface area contributed by atoms with Crippen molar-refractivity contribution in [3.8, 4) is 0 Å². The van der Waals surface area contributed by atoms with Gasteiger partial charge in [0.25, 0.3) is 11.8 Å². The van der Waals surface area contributed by atoms with Gasteiger partial charge in [-0.3, -0.25) is 19.3 Å². The fourth-order valence-electron chi connectivity index (χ4n) is 4.02. The molecule has 1 aliphatic rings. The van der Waals surface area contributed by atoms with Gasteiger partial charge in [0.2, 0.25) is 0 Å². The number of nitrogens with zero attached hydrogens (tertiary/aromatic N) is 4. The second-order valence-corrected chi connectivity index (χ2v) is 8.13. The number of piperidine rings is 1. The summed E-state index contributed by atoms with van der Waals surface area (Å²) in [6, 6.07) is 11.4. The lowest BCUT2D eigenvalue weighted by atomic mass is 9.91. The first-order chi connectivity index (χ1) is 15.5. The van der Waals surface area contributed by atoms with Crippen LogP contribution in [0.1, 0.15) is 44.9 Å². The number of nitrogens with one attached hydrogen (secondary N) is 1. The molecule has 32 heavy (non-hydrogen) atoms. The molecule has 4 rings (SSSR count). The highest BCUT2D eigenvalue weighted by molar-refractivity contribution is 5.95. The van der Waals surface area contributed by atoms with Crippen LogP contribution in [0.4, 0.5) is 4.39 Å².